The van der Waals surface area contributed by atoms with Gasteiger partial charge in [-0.1, -0.05) is 53.3 Å². The topological polar surface area (TPSA) is 104 Å². The van der Waals surface area contributed by atoms with Crippen molar-refractivity contribution in [3.63, 3.8) is 0 Å². The van der Waals surface area contributed by atoms with Crippen LogP contribution in [0.4, 0.5) is 5.69 Å². The van der Waals surface area contributed by atoms with Gasteiger partial charge in [-0.2, -0.15) is 0 Å². The Labute approximate surface area is 200 Å². The Balaban J connectivity index is 1.33. The molecule has 1 aromatic heterocycles. The summed E-state index contributed by atoms with van der Waals surface area (Å²) in [6.45, 7) is 1.20. The summed E-state index contributed by atoms with van der Waals surface area (Å²) >= 11 is 6.93. The van der Waals surface area contributed by atoms with Crippen molar-refractivity contribution >= 4 is 46.3 Å². The van der Waals surface area contributed by atoms with Crippen LogP contribution in [0.3, 0.4) is 0 Å². The van der Waals surface area contributed by atoms with Crippen LogP contribution < -0.4 is 10.6 Å². The Kier molecular flexibility index (Phi) is 7.31. The third-order valence-corrected chi connectivity index (χ3v) is 6.41. The van der Waals surface area contributed by atoms with Crippen molar-refractivity contribution < 1.29 is 14.4 Å². The fourth-order valence-corrected chi connectivity index (χ4v) is 4.52. The summed E-state index contributed by atoms with van der Waals surface area (Å²) in [5.74, 6) is -1.16. The van der Waals surface area contributed by atoms with E-state index in [0.717, 1.165) is 16.9 Å². The standard InChI is InChI=1S/C23H22ClN5O3S/c24-17-8-4-6-15(12-17)13-25-19(30)16-7-5-11-29(14-16)23(32)22-28-27-21(33-22)20(31)26-18-9-2-1-3-10-18/h1-4,6,8-10,12,16H,5,7,11,13-14H2,(H,25,30)(H,26,31)/t16-/m1/s1. The first kappa shape index (κ1) is 22.9. The van der Waals surface area contributed by atoms with E-state index >= 15 is 0 Å². The van der Waals surface area contributed by atoms with E-state index in [1.165, 1.54) is 0 Å². The van der Waals surface area contributed by atoms with Crippen LogP contribution in [0, 0.1) is 5.92 Å². The quantitative estimate of drug-likeness (QED) is 0.557. The summed E-state index contributed by atoms with van der Waals surface area (Å²) in [6.07, 6.45) is 1.41. The van der Waals surface area contributed by atoms with Gasteiger partial charge in [-0.25, -0.2) is 0 Å². The number of carbonyl (C=O) groups is 3. The lowest BCUT2D eigenvalue weighted by Crippen LogP contribution is -2.45. The Hall–Kier alpha value is -3.30. The Morgan fingerprint density at radius 3 is 2.64 bits per heavy atom. The summed E-state index contributed by atoms with van der Waals surface area (Å²) in [4.78, 5) is 39.6. The minimum Gasteiger partial charge on any atom is -0.352 e. The van der Waals surface area contributed by atoms with Crippen LogP contribution in [0.1, 0.15) is 38.0 Å². The summed E-state index contributed by atoms with van der Waals surface area (Å²) in [5.41, 5.74) is 1.54. The first-order valence-electron chi connectivity index (χ1n) is 10.5. The Morgan fingerprint density at radius 1 is 1.06 bits per heavy atom. The maximum Gasteiger partial charge on any atom is 0.286 e. The van der Waals surface area contributed by atoms with Crippen molar-refractivity contribution in [1.82, 2.24) is 20.4 Å². The fourth-order valence-electron chi connectivity index (χ4n) is 3.60. The molecule has 0 saturated carbocycles. The molecule has 1 atom stereocenters. The van der Waals surface area contributed by atoms with Gasteiger partial charge in [0.05, 0.1) is 5.92 Å². The van der Waals surface area contributed by atoms with Crippen molar-refractivity contribution in [1.29, 1.82) is 0 Å². The minimum absolute atomic E-state index is 0.104. The molecule has 1 aliphatic heterocycles. The molecule has 170 valence electrons. The number of anilines is 1. The zero-order chi connectivity index (χ0) is 23.2. The Morgan fingerprint density at radius 2 is 1.85 bits per heavy atom. The molecule has 1 aliphatic rings. The van der Waals surface area contributed by atoms with E-state index in [-0.39, 0.29) is 27.7 Å². The van der Waals surface area contributed by atoms with Crippen LogP contribution >= 0.6 is 22.9 Å². The van der Waals surface area contributed by atoms with Gasteiger partial charge in [-0.05, 0) is 42.7 Å². The predicted molar refractivity (Wildman–Crippen MR) is 126 cm³/mol. The summed E-state index contributed by atoms with van der Waals surface area (Å²) in [5, 5.41) is 14.3. The maximum absolute atomic E-state index is 12.9. The number of nitrogens with zero attached hydrogens (tertiary/aromatic N) is 3. The number of rotatable bonds is 6. The lowest BCUT2D eigenvalue weighted by atomic mass is 9.97. The van der Waals surface area contributed by atoms with E-state index < -0.39 is 5.91 Å². The van der Waals surface area contributed by atoms with Crippen LogP contribution in [0.2, 0.25) is 5.02 Å². The Bertz CT molecular complexity index is 1150. The van der Waals surface area contributed by atoms with Crippen LogP contribution in [0.25, 0.3) is 0 Å². The molecule has 1 fully saturated rings. The minimum atomic E-state index is -0.422. The molecule has 0 aliphatic carbocycles. The molecule has 3 amide bonds. The van der Waals surface area contributed by atoms with Gasteiger partial charge in [0.15, 0.2) is 0 Å². The number of piperidine rings is 1. The summed E-state index contributed by atoms with van der Waals surface area (Å²) < 4.78 is 0. The highest BCUT2D eigenvalue weighted by Crippen LogP contribution is 2.21. The number of likely N-dealkylation sites (tertiary alicyclic amines) is 1. The molecular formula is C23H22ClN5O3S. The molecule has 3 aromatic rings. The van der Waals surface area contributed by atoms with Gasteiger partial charge in [0.2, 0.25) is 15.9 Å². The normalized spacial score (nSPS) is 15.7. The molecule has 2 heterocycles. The van der Waals surface area contributed by atoms with Gasteiger partial charge in [-0.15, -0.1) is 10.2 Å². The van der Waals surface area contributed by atoms with Crippen molar-refractivity contribution in [2.45, 2.75) is 19.4 Å². The molecule has 8 nitrogen and oxygen atoms in total. The third-order valence-electron chi connectivity index (χ3n) is 5.27. The molecule has 0 unspecified atom stereocenters. The van der Waals surface area contributed by atoms with Gasteiger partial charge >= 0.3 is 0 Å². The van der Waals surface area contributed by atoms with Crippen molar-refractivity contribution in [3.05, 3.63) is 75.2 Å². The van der Waals surface area contributed by atoms with E-state index in [0.29, 0.717) is 43.2 Å². The van der Waals surface area contributed by atoms with E-state index in [1.54, 1.807) is 29.2 Å². The van der Waals surface area contributed by atoms with Gasteiger partial charge in [0, 0.05) is 30.3 Å². The highest BCUT2D eigenvalue weighted by atomic mass is 35.5. The van der Waals surface area contributed by atoms with E-state index in [1.807, 2.05) is 30.3 Å². The molecule has 4 rings (SSSR count). The second-order valence-electron chi connectivity index (χ2n) is 7.67. The second-order valence-corrected chi connectivity index (χ2v) is 9.08. The first-order valence-corrected chi connectivity index (χ1v) is 11.7. The lowest BCUT2D eigenvalue weighted by molar-refractivity contribution is -0.126. The largest absolute Gasteiger partial charge is 0.352 e. The summed E-state index contributed by atoms with van der Waals surface area (Å²) in [7, 11) is 0. The molecule has 10 heteroatoms. The number of benzene rings is 2. The van der Waals surface area contributed by atoms with Crippen molar-refractivity contribution in [2.75, 3.05) is 18.4 Å². The SMILES string of the molecule is O=C(Nc1ccccc1)c1nnc(C(=O)N2CCC[C@@H](C(=O)NCc3cccc(Cl)c3)C2)s1. The van der Waals surface area contributed by atoms with Crippen molar-refractivity contribution in [2.24, 2.45) is 5.92 Å². The molecule has 0 spiro atoms. The monoisotopic (exact) mass is 483 g/mol. The zero-order valence-corrected chi connectivity index (χ0v) is 19.2. The maximum atomic E-state index is 12.9. The number of carbonyl (C=O) groups excluding carboxylic acids is 3. The number of aromatic nitrogens is 2. The number of hydrogen-bond acceptors (Lipinski definition) is 6. The van der Waals surface area contributed by atoms with E-state index in [4.69, 9.17) is 11.6 Å². The number of para-hydroxylation sites is 1. The van der Waals surface area contributed by atoms with Crippen LogP contribution in [0.15, 0.2) is 54.6 Å². The molecule has 2 N–H and O–H groups in total. The zero-order valence-electron chi connectivity index (χ0n) is 17.7. The van der Waals surface area contributed by atoms with Crippen LogP contribution in [-0.4, -0.2) is 45.9 Å². The molecule has 0 radical (unpaired) electrons. The van der Waals surface area contributed by atoms with Crippen molar-refractivity contribution in [3.8, 4) is 0 Å². The van der Waals surface area contributed by atoms with Gasteiger partial charge < -0.3 is 15.5 Å². The average molecular weight is 484 g/mol. The number of nitrogens with one attached hydrogen (secondary N) is 2. The molecule has 1 saturated heterocycles. The van der Waals surface area contributed by atoms with Crippen LogP contribution in [0.5, 0.6) is 0 Å². The fraction of sp³-hybridized carbons (Fsp3) is 0.261. The van der Waals surface area contributed by atoms with Gasteiger partial charge in [0.1, 0.15) is 0 Å². The molecule has 0 bridgehead atoms. The number of halogens is 1. The van der Waals surface area contributed by atoms with E-state index in [9.17, 15) is 14.4 Å². The smallest absolute Gasteiger partial charge is 0.286 e. The average Bonchev–Trinajstić information content (AvgIpc) is 3.33. The van der Waals surface area contributed by atoms with E-state index in [2.05, 4.69) is 20.8 Å². The predicted octanol–water partition coefficient (Wildman–Crippen LogP) is 3.61. The highest BCUT2D eigenvalue weighted by Gasteiger charge is 2.30. The molecular weight excluding hydrogens is 462 g/mol. The first-order chi connectivity index (χ1) is 16.0. The highest BCUT2D eigenvalue weighted by molar-refractivity contribution is 7.15. The van der Waals surface area contributed by atoms with Crippen LogP contribution in [-0.2, 0) is 11.3 Å². The lowest BCUT2D eigenvalue weighted by Gasteiger charge is -2.31. The molecule has 33 heavy (non-hydrogen) atoms. The summed E-state index contributed by atoms with van der Waals surface area (Å²) in [6, 6.07) is 16.3. The number of hydrogen-bond donors (Lipinski definition) is 2. The number of amides is 3. The van der Waals surface area contributed by atoms with Gasteiger partial charge in [-0.3, -0.25) is 14.4 Å². The second kappa shape index (κ2) is 10.5. The third kappa shape index (κ3) is 5.94. The van der Waals surface area contributed by atoms with Gasteiger partial charge in [0.25, 0.3) is 11.8 Å². The molecule has 2 aromatic carbocycles.